The molecule has 0 spiro atoms. The highest BCUT2D eigenvalue weighted by Gasteiger charge is 2.17. The van der Waals surface area contributed by atoms with Gasteiger partial charge < -0.3 is 4.74 Å². The lowest BCUT2D eigenvalue weighted by Crippen LogP contribution is -2.06. The Hall–Kier alpha value is -2.47. The molecule has 0 radical (unpaired) electrons. The van der Waals surface area contributed by atoms with E-state index < -0.39 is 5.97 Å². The average molecular weight is 372 g/mol. The minimum atomic E-state index is -0.437. The molecule has 2 aromatic heterocycles. The van der Waals surface area contributed by atoms with Gasteiger partial charge in [0.15, 0.2) is 5.69 Å². The average Bonchev–Trinajstić information content (AvgIpc) is 3.02. The number of rotatable bonds is 4. The van der Waals surface area contributed by atoms with Crippen molar-refractivity contribution in [3.8, 4) is 16.9 Å². The Kier molecular flexibility index (Phi) is 4.52. The van der Waals surface area contributed by atoms with Gasteiger partial charge in [0.25, 0.3) is 0 Å². The first kappa shape index (κ1) is 15.4. The molecule has 0 saturated carbocycles. The zero-order chi connectivity index (χ0) is 16.2. The number of carbonyl (C=O) groups is 1. The van der Waals surface area contributed by atoms with Gasteiger partial charge in [-0.2, -0.15) is 5.10 Å². The Morgan fingerprint density at radius 1 is 1.26 bits per heavy atom. The summed E-state index contributed by atoms with van der Waals surface area (Å²) in [5, 5.41) is 4.39. The second-order valence-corrected chi connectivity index (χ2v) is 5.68. The van der Waals surface area contributed by atoms with Gasteiger partial charge in [-0.25, -0.2) is 9.48 Å². The largest absolute Gasteiger partial charge is 0.461 e. The van der Waals surface area contributed by atoms with Gasteiger partial charge in [-0.15, -0.1) is 0 Å². The second-order valence-electron chi connectivity index (χ2n) is 4.77. The molecule has 0 saturated heterocycles. The lowest BCUT2D eigenvalue weighted by atomic mass is 10.1. The van der Waals surface area contributed by atoms with Crippen molar-refractivity contribution in [1.29, 1.82) is 0 Å². The van der Waals surface area contributed by atoms with Crippen LogP contribution < -0.4 is 0 Å². The highest BCUT2D eigenvalue weighted by Crippen LogP contribution is 2.25. The molecule has 0 atom stereocenters. The fourth-order valence-electron chi connectivity index (χ4n) is 2.19. The number of carbonyl (C=O) groups excluding carboxylic acids is 1. The van der Waals surface area contributed by atoms with Crippen LogP contribution in [-0.4, -0.2) is 27.3 Å². The van der Waals surface area contributed by atoms with Gasteiger partial charge in [-0.1, -0.05) is 28.1 Å². The van der Waals surface area contributed by atoms with Crippen molar-refractivity contribution < 1.29 is 9.53 Å². The lowest BCUT2D eigenvalue weighted by molar-refractivity contribution is 0.0519. The fourth-order valence-corrected chi connectivity index (χ4v) is 2.45. The summed E-state index contributed by atoms with van der Waals surface area (Å²) < 4.78 is 7.73. The van der Waals surface area contributed by atoms with E-state index in [0.717, 1.165) is 21.4 Å². The molecule has 0 N–H and O–H groups in total. The summed E-state index contributed by atoms with van der Waals surface area (Å²) in [5.74, 6) is -0.437. The van der Waals surface area contributed by atoms with Crippen LogP contribution in [0.5, 0.6) is 0 Å². The Balaban J connectivity index is 2.12. The van der Waals surface area contributed by atoms with Crippen molar-refractivity contribution in [2.24, 2.45) is 0 Å². The van der Waals surface area contributed by atoms with E-state index in [1.54, 1.807) is 30.1 Å². The van der Waals surface area contributed by atoms with E-state index in [9.17, 15) is 4.79 Å². The zero-order valence-electron chi connectivity index (χ0n) is 12.4. The van der Waals surface area contributed by atoms with E-state index in [0.29, 0.717) is 6.61 Å². The van der Waals surface area contributed by atoms with Crippen molar-refractivity contribution in [3.05, 3.63) is 65.0 Å². The Labute approximate surface area is 142 Å². The van der Waals surface area contributed by atoms with Gasteiger partial charge in [0.1, 0.15) is 0 Å². The quantitative estimate of drug-likeness (QED) is 0.653. The molecular formula is C17H14BrN3O2. The summed E-state index contributed by atoms with van der Waals surface area (Å²) in [6, 6.07) is 13.3. The van der Waals surface area contributed by atoms with Crippen LogP contribution in [0, 0.1) is 0 Å². The molecule has 0 aliphatic carbocycles. The van der Waals surface area contributed by atoms with E-state index >= 15 is 0 Å². The summed E-state index contributed by atoms with van der Waals surface area (Å²) in [6.07, 6.45) is 3.39. The smallest absolute Gasteiger partial charge is 0.358 e. The third-order valence-electron chi connectivity index (χ3n) is 3.22. The van der Waals surface area contributed by atoms with Crippen LogP contribution in [0.15, 0.2) is 59.3 Å². The van der Waals surface area contributed by atoms with Gasteiger partial charge in [0.05, 0.1) is 24.2 Å². The van der Waals surface area contributed by atoms with E-state index in [-0.39, 0.29) is 5.69 Å². The molecule has 2 heterocycles. The first-order valence-corrected chi connectivity index (χ1v) is 7.92. The van der Waals surface area contributed by atoms with Crippen LogP contribution in [0.2, 0.25) is 0 Å². The number of hydrogen-bond acceptors (Lipinski definition) is 4. The molecule has 0 bridgehead atoms. The van der Waals surface area contributed by atoms with Crippen LogP contribution in [-0.2, 0) is 4.74 Å². The predicted molar refractivity (Wildman–Crippen MR) is 90.5 cm³/mol. The number of esters is 1. The second kappa shape index (κ2) is 6.75. The van der Waals surface area contributed by atoms with Crippen molar-refractivity contribution in [3.63, 3.8) is 0 Å². The van der Waals surface area contributed by atoms with Crippen LogP contribution in [0.25, 0.3) is 16.9 Å². The molecule has 23 heavy (non-hydrogen) atoms. The van der Waals surface area contributed by atoms with Gasteiger partial charge >= 0.3 is 5.97 Å². The van der Waals surface area contributed by atoms with Crippen molar-refractivity contribution >= 4 is 21.9 Å². The zero-order valence-corrected chi connectivity index (χ0v) is 14.0. The topological polar surface area (TPSA) is 57.0 Å². The highest BCUT2D eigenvalue weighted by atomic mass is 79.9. The van der Waals surface area contributed by atoms with Gasteiger partial charge in [-0.05, 0) is 37.3 Å². The van der Waals surface area contributed by atoms with E-state index in [1.165, 1.54) is 0 Å². The Bertz CT molecular complexity index is 814. The standard InChI is InChI=1S/C17H14BrN3O2/c1-2-23-17(22)15-10-16(12-5-7-13(18)8-6-12)21(20-15)14-4-3-9-19-11-14/h3-11H,2H2,1H3. The van der Waals surface area contributed by atoms with Crippen molar-refractivity contribution in [2.75, 3.05) is 6.61 Å². The third kappa shape index (κ3) is 3.32. The normalized spacial score (nSPS) is 10.5. The monoisotopic (exact) mass is 371 g/mol. The van der Waals surface area contributed by atoms with Gasteiger partial charge in [0, 0.05) is 16.2 Å². The van der Waals surface area contributed by atoms with Gasteiger partial charge in [-0.3, -0.25) is 4.98 Å². The lowest BCUT2D eigenvalue weighted by Gasteiger charge is -2.07. The molecule has 1 aromatic carbocycles. The minimum absolute atomic E-state index is 0.272. The SMILES string of the molecule is CCOC(=O)c1cc(-c2ccc(Br)cc2)n(-c2cccnc2)n1. The molecule has 0 aliphatic rings. The van der Waals surface area contributed by atoms with Gasteiger partial charge in [0.2, 0.25) is 0 Å². The first-order chi connectivity index (χ1) is 11.2. The summed E-state index contributed by atoms with van der Waals surface area (Å²) in [6.45, 7) is 2.08. The summed E-state index contributed by atoms with van der Waals surface area (Å²) >= 11 is 3.42. The minimum Gasteiger partial charge on any atom is -0.461 e. The number of halogens is 1. The van der Waals surface area contributed by atoms with Crippen LogP contribution in [0.1, 0.15) is 17.4 Å². The molecule has 3 rings (SSSR count). The molecule has 0 aliphatic heterocycles. The van der Waals surface area contributed by atoms with Crippen molar-refractivity contribution in [1.82, 2.24) is 14.8 Å². The first-order valence-electron chi connectivity index (χ1n) is 7.12. The predicted octanol–water partition coefficient (Wildman–Crippen LogP) is 3.87. The maximum atomic E-state index is 12.0. The van der Waals surface area contributed by atoms with Crippen LogP contribution in [0.4, 0.5) is 0 Å². The molecule has 0 unspecified atom stereocenters. The molecule has 3 aromatic rings. The molecule has 0 fully saturated rings. The Morgan fingerprint density at radius 2 is 2.04 bits per heavy atom. The molecule has 0 amide bonds. The molecule has 116 valence electrons. The summed E-state index contributed by atoms with van der Waals surface area (Å²) in [7, 11) is 0. The van der Waals surface area contributed by atoms with E-state index in [2.05, 4.69) is 26.0 Å². The maximum Gasteiger partial charge on any atom is 0.358 e. The molecular weight excluding hydrogens is 358 g/mol. The maximum absolute atomic E-state index is 12.0. The number of aromatic nitrogens is 3. The molecule has 6 heteroatoms. The number of benzene rings is 1. The van der Waals surface area contributed by atoms with Crippen LogP contribution >= 0.6 is 15.9 Å². The third-order valence-corrected chi connectivity index (χ3v) is 3.75. The Morgan fingerprint density at radius 3 is 2.70 bits per heavy atom. The number of nitrogens with zero attached hydrogens (tertiary/aromatic N) is 3. The highest BCUT2D eigenvalue weighted by molar-refractivity contribution is 9.10. The van der Waals surface area contributed by atoms with E-state index in [4.69, 9.17) is 4.74 Å². The summed E-state index contributed by atoms with van der Waals surface area (Å²) in [4.78, 5) is 16.1. The number of hydrogen-bond donors (Lipinski definition) is 0. The van der Waals surface area contributed by atoms with Crippen LogP contribution in [0.3, 0.4) is 0 Å². The molecule has 5 nitrogen and oxygen atoms in total. The fraction of sp³-hybridized carbons (Fsp3) is 0.118. The number of pyridine rings is 1. The summed E-state index contributed by atoms with van der Waals surface area (Å²) in [5.41, 5.74) is 2.79. The van der Waals surface area contributed by atoms with E-state index in [1.807, 2.05) is 36.4 Å². The number of ether oxygens (including phenoxy) is 1. The van der Waals surface area contributed by atoms with Crippen molar-refractivity contribution in [2.45, 2.75) is 6.92 Å².